The van der Waals surface area contributed by atoms with Crippen molar-refractivity contribution in [2.24, 2.45) is 0 Å². The van der Waals surface area contributed by atoms with E-state index in [-0.39, 0.29) is 0 Å². The third kappa shape index (κ3) is 2.67. The van der Waals surface area contributed by atoms with E-state index in [1.54, 1.807) is 17.5 Å². The molecule has 5 nitrogen and oxygen atoms in total. The zero-order valence-corrected chi connectivity index (χ0v) is 12.9. The fourth-order valence-electron chi connectivity index (χ4n) is 2.09. The highest BCUT2D eigenvalue weighted by Crippen LogP contribution is 2.24. The summed E-state index contributed by atoms with van der Waals surface area (Å²) in [6, 6.07) is 9.62. The van der Waals surface area contributed by atoms with Crippen LogP contribution in [0.4, 0.5) is 0 Å². The summed E-state index contributed by atoms with van der Waals surface area (Å²) in [6.45, 7) is 2.10. The highest BCUT2D eigenvalue weighted by Gasteiger charge is 2.15. The van der Waals surface area contributed by atoms with Crippen molar-refractivity contribution in [1.29, 1.82) is 0 Å². The van der Waals surface area contributed by atoms with E-state index in [1.165, 1.54) is 6.33 Å². The van der Waals surface area contributed by atoms with Crippen molar-refractivity contribution in [2.75, 3.05) is 6.61 Å². The van der Waals surface area contributed by atoms with Crippen molar-refractivity contribution in [3.05, 3.63) is 52.9 Å². The summed E-state index contributed by atoms with van der Waals surface area (Å²) in [5.41, 5.74) is 2.77. The van der Waals surface area contributed by atoms with Crippen LogP contribution in [0.15, 0.2) is 47.3 Å². The Balaban J connectivity index is 2.16. The fraction of sp³-hybridized carbons (Fsp3) is 0.133. The number of nitrogens with zero attached hydrogens (tertiary/aromatic N) is 3. The largest absolute Gasteiger partial charge is 0.462 e. The number of benzene rings is 1. The summed E-state index contributed by atoms with van der Waals surface area (Å²) in [5, 5.41) is 4.11. The molecule has 0 saturated heterocycles. The Morgan fingerprint density at radius 3 is 2.76 bits per heavy atom. The van der Waals surface area contributed by atoms with Crippen LogP contribution in [0.5, 0.6) is 0 Å². The summed E-state index contributed by atoms with van der Waals surface area (Å²) in [7, 11) is 0. The first-order valence-corrected chi connectivity index (χ1v) is 7.25. The average Bonchev–Trinajstić information content (AvgIpc) is 2.95. The predicted octanol–water partition coefficient (Wildman–Crippen LogP) is 3.34. The normalized spacial score (nSPS) is 10.8. The molecule has 0 radical (unpaired) electrons. The molecule has 3 rings (SSSR count). The molecule has 0 unspecified atom stereocenters. The van der Waals surface area contributed by atoms with E-state index in [4.69, 9.17) is 4.74 Å². The first kappa shape index (κ1) is 13.8. The number of carbonyl (C=O) groups excluding carboxylic acids is 1. The minimum Gasteiger partial charge on any atom is -0.462 e. The lowest BCUT2D eigenvalue weighted by Gasteiger charge is -2.07. The van der Waals surface area contributed by atoms with E-state index in [2.05, 4.69) is 26.0 Å². The second-order valence-corrected chi connectivity index (χ2v) is 5.31. The summed E-state index contributed by atoms with van der Waals surface area (Å²) < 4.78 is 7.67. The quantitative estimate of drug-likeness (QED) is 0.683. The third-order valence-corrected chi connectivity index (χ3v) is 3.58. The van der Waals surface area contributed by atoms with Gasteiger partial charge in [-0.2, -0.15) is 5.10 Å². The molecule has 2 aromatic heterocycles. The van der Waals surface area contributed by atoms with Gasteiger partial charge in [0.25, 0.3) is 0 Å². The fourth-order valence-corrected chi connectivity index (χ4v) is 2.35. The van der Waals surface area contributed by atoms with Crippen LogP contribution >= 0.6 is 15.9 Å². The number of hydrogen-bond donors (Lipinski definition) is 0. The Morgan fingerprint density at radius 2 is 2.05 bits per heavy atom. The Hall–Kier alpha value is -2.21. The van der Waals surface area contributed by atoms with Crippen molar-refractivity contribution in [3.8, 4) is 11.1 Å². The average molecular weight is 346 g/mol. The molecule has 0 aliphatic carbocycles. The van der Waals surface area contributed by atoms with Gasteiger partial charge in [0.05, 0.1) is 6.61 Å². The molecule has 3 aromatic rings. The first-order chi connectivity index (χ1) is 10.2. The zero-order valence-electron chi connectivity index (χ0n) is 11.3. The minimum atomic E-state index is -0.394. The van der Waals surface area contributed by atoms with Gasteiger partial charge in [-0.3, -0.25) is 0 Å². The SMILES string of the molecule is CCOC(=O)c1cc(-c2ccc(Br)cc2)cn2ncnc12. The smallest absolute Gasteiger partial charge is 0.342 e. The number of ether oxygens (including phenoxy) is 1. The molecule has 21 heavy (non-hydrogen) atoms. The van der Waals surface area contributed by atoms with Crippen molar-refractivity contribution < 1.29 is 9.53 Å². The molecule has 6 heteroatoms. The van der Waals surface area contributed by atoms with Crippen LogP contribution in [0.2, 0.25) is 0 Å². The van der Waals surface area contributed by atoms with Gasteiger partial charge in [0.1, 0.15) is 11.9 Å². The molecule has 2 heterocycles. The predicted molar refractivity (Wildman–Crippen MR) is 82.1 cm³/mol. The van der Waals surface area contributed by atoms with Gasteiger partial charge < -0.3 is 4.74 Å². The number of esters is 1. The van der Waals surface area contributed by atoms with E-state index < -0.39 is 5.97 Å². The molecule has 0 amide bonds. The van der Waals surface area contributed by atoms with Crippen LogP contribution in [0.3, 0.4) is 0 Å². The Morgan fingerprint density at radius 1 is 1.29 bits per heavy atom. The topological polar surface area (TPSA) is 56.5 Å². The lowest BCUT2D eigenvalue weighted by Crippen LogP contribution is -2.08. The summed E-state index contributed by atoms with van der Waals surface area (Å²) in [5.74, 6) is -0.394. The van der Waals surface area contributed by atoms with E-state index in [9.17, 15) is 4.79 Å². The molecule has 0 spiro atoms. The van der Waals surface area contributed by atoms with Crippen LogP contribution < -0.4 is 0 Å². The Kier molecular flexibility index (Phi) is 3.70. The van der Waals surface area contributed by atoms with E-state index >= 15 is 0 Å². The standard InChI is InChI=1S/C15H12BrN3O2/c1-2-21-15(20)13-7-11(8-19-14(13)17-9-18-19)10-3-5-12(16)6-4-10/h3-9H,2H2,1H3. The van der Waals surface area contributed by atoms with Crippen LogP contribution in [0, 0.1) is 0 Å². The molecule has 0 bridgehead atoms. The maximum Gasteiger partial charge on any atom is 0.342 e. The molecular weight excluding hydrogens is 334 g/mol. The molecule has 106 valence electrons. The minimum absolute atomic E-state index is 0.321. The number of pyridine rings is 1. The molecular formula is C15H12BrN3O2. The molecule has 0 aliphatic heterocycles. The van der Waals surface area contributed by atoms with Crippen molar-refractivity contribution in [2.45, 2.75) is 6.92 Å². The number of hydrogen-bond acceptors (Lipinski definition) is 4. The van der Waals surface area contributed by atoms with Crippen molar-refractivity contribution >= 4 is 27.5 Å². The lowest BCUT2D eigenvalue weighted by atomic mass is 10.1. The molecule has 0 fully saturated rings. The lowest BCUT2D eigenvalue weighted by molar-refractivity contribution is 0.0528. The highest BCUT2D eigenvalue weighted by molar-refractivity contribution is 9.10. The van der Waals surface area contributed by atoms with E-state index in [1.807, 2.05) is 30.5 Å². The zero-order chi connectivity index (χ0) is 14.8. The second-order valence-electron chi connectivity index (χ2n) is 4.40. The van der Waals surface area contributed by atoms with Gasteiger partial charge in [-0.05, 0) is 30.7 Å². The van der Waals surface area contributed by atoms with Crippen LogP contribution in [0.25, 0.3) is 16.8 Å². The molecule has 0 atom stereocenters. The Bertz CT molecular complexity index is 796. The number of rotatable bonds is 3. The molecule has 0 aliphatic rings. The van der Waals surface area contributed by atoms with Crippen molar-refractivity contribution in [1.82, 2.24) is 14.6 Å². The number of carbonyl (C=O) groups is 1. The maximum atomic E-state index is 12.1. The second kappa shape index (κ2) is 5.65. The Labute approximate surface area is 129 Å². The number of fused-ring (bicyclic) bond motifs is 1. The summed E-state index contributed by atoms with van der Waals surface area (Å²) >= 11 is 3.41. The maximum absolute atomic E-state index is 12.1. The van der Waals surface area contributed by atoms with Gasteiger partial charge in [-0.15, -0.1) is 0 Å². The van der Waals surface area contributed by atoms with Crippen molar-refractivity contribution in [3.63, 3.8) is 0 Å². The van der Waals surface area contributed by atoms with Gasteiger partial charge in [0, 0.05) is 16.2 Å². The highest BCUT2D eigenvalue weighted by atomic mass is 79.9. The molecule has 1 aromatic carbocycles. The van der Waals surface area contributed by atoms with Gasteiger partial charge >= 0.3 is 5.97 Å². The van der Waals surface area contributed by atoms with Crippen LogP contribution in [-0.4, -0.2) is 27.2 Å². The van der Waals surface area contributed by atoms with Gasteiger partial charge in [0.15, 0.2) is 5.65 Å². The van der Waals surface area contributed by atoms with Gasteiger partial charge in [0.2, 0.25) is 0 Å². The first-order valence-electron chi connectivity index (χ1n) is 6.45. The van der Waals surface area contributed by atoms with Crippen LogP contribution in [-0.2, 0) is 4.74 Å². The number of halogens is 1. The summed E-state index contributed by atoms with van der Waals surface area (Å²) in [4.78, 5) is 16.2. The van der Waals surface area contributed by atoms with Crippen LogP contribution in [0.1, 0.15) is 17.3 Å². The monoisotopic (exact) mass is 345 g/mol. The third-order valence-electron chi connectivity index (χ3n) is 3.05. The summed E-state index contributed by atoms with van der Waals surface area (Å²) in [6.07, 6.45) is 3.26. The molecule has 0 saturated carbocycles. The van der Waals surface area contributed by atoms with Gasteiger partial charge in [-0.1, -0.05) is 28.1 Å². The number of aromatic nitrogens is 3. The van der Waals surface area contributed by atoms with Gasteiger partial charge in [-0.25, -0.2) is 14.3 Å². The van der Waals surface area contributed by atoms with E-state index in [0.717, 1.165) is 15.6 Å². The molecule has 0 N–H and O–H groups in total. The van der Waals surface area contributed by atoms with E-state index in [0.29, 0.717) is 17.8 Å².